The van der Waals surface area contributed by atoms with E-state index in [0.29, 0.717) is 0 Å². The Balaban J connectivity index is 1.14. The van der Waals surface area contributed by atoms with E-state index in [9.17, 15) is 0 Å². The van der Waals surface area contributed by atoms with Gasteiger partial charge in [0.25, 0.3) is 0 Å². The molecule has 1 aliphatic carbocycles. The molecule has 0 bridgehead atoms. The fourth-order valence-corrected chi connectivity index (χ4v) is 7.19. The summed E-state index contributed by atoms with van der Waals surface area (Å²) < 4.78 is 0. The molecule has 0 N–H and O–H groups in total. The molecule has 46 heavy (non-hydrogen) atoms. The first kappa shape index (κ1) is 26.4. The lowest BCUT2D eigenvalue weighted by atomic mass is 9.91. The monoisotopic (exact) mass is 582 g/mol. The standard InChI is InChI=1S/C46H30/c1-3-12-31(13-4-1)37-28-38(32-14-5-2-6-15-32)30-39(29-37)35-18-9-16-33(26-35)34-17-10-19-36(27-34)40-24-25-45-42-21-8-7-20-41(42)44-23-11-22-43(40)46(44)45/h1-30H. The van der Waals surface area contributed by atoms with Crippen molar-refractivity contribution < 1.29 is 0 Å². The molecule has 214 valence electrons. The zero-order valence-corrected chi connectivity index (χ0v) is 25.3. The quantitative estimate of drug-likeness (QED) is 0.189. The number of benzene rings is 8. The maximum absolute atomic E-state index is 2.35. The predicted molar refractivity (Wildman–Crippen MR) is 196 cm³/mol. The molecule has 0 radical (unpaired) electrons. The van der Waals surface area contributed by atoms with Crippen molar-refractivity contribution in [3.63, 3.8) is 0 Å². The molecule has 0 amide bonds. The molecule has 8 aromatic carbocycles. The van der Waals surface area contributed by atoms with Crippen LogP contribution in [0.2, 0.25) is 0 Å². The summed E-state index contributed by atoms with van der Waals surface area (Å²) in [5.41, 5.74) is 17.6. The summed E-state index contributed by atoms with van der Waals surface area (Å²) in [7, 11) is 0. The Bertz CT molecular complexity index is 2310. The van der Waals surface area contributed by atoms with Crippen LogP contribution in [0.4, 0.5) is 0 Å². The lowest BCUT2D eigenvalue weighted by molar-refractivity contribution is 1.55. The van der Waals surface area contributed by atoms with Gasteiger partial charge in [0.05, 0.1) is 0 Å². The van der Waals surface area contributed by atoms with Gasteiger partial charge in [-0.15, -0.1) is 0 Å². The molecular weight excluding hydrogens is 553 g/mol. The van der Waals surface area contributed by atoms with Crippen molar-refractivity contribution in [2.24, 2.45) is 0 Å². The van der Waals surface area contributed by atoms with Crippen molar-refractivity contribution >= 4 is 10.8 Å². The fourth-order valence-electron chi connectivity index (χ4n) is 7.19. The smallest absolute Gasteiger partial charge is 0.00201 e. The van der Waals surface area contributed by atoms with E-state index in [1.165, 1.54) is 88.7 Å². The highest BCUT2D eigenvalue weighted by Crippen LogP contribution is 2.49. The van der Waals surface area contributed by atoms with E-state index in [1.54, 1.807) is 0 Å². The molecule has 0 saturated carbocycles. The van der Waals surface area contributed by atoms with Crippen molar-refractivity contribution in [2.75, 3.05) is 0 Å². The molecule has 0 spiro atoms. The lowest BCUT2D eigenvalue weighted by Crippen LogP contribution is -1.88. The Hall–Kier alpha value is -5.98. The molecule has 0 aliphatic heterocycles. The summed E-state index contributed by atoms with van der Waals surface area (Å²) in [6, 6.07) is 66.4. The molecule has 0 nitrogen and oxygen atoms in total. The number of fused-ring (bicyclic) bond motifs is 3. The first-order valence-electron chi connectivity index (χ1n) is 15.9. The van der Waals surface area contributed by atoms with Gasteiger partial charge in [-0.05, 0) is 119 Å². The number of rotatable bonds is 5. The van der Waals surface area contributed by atoms with Crippen LogP contribution >= 0.6 is 0 Å². The van der Waals surface area contributed by atoms with Gasteiger partial charge in [-0.25, -0.2) is 0 Å². The summed E-state index contributed by atoms with van der Waals surface area (Å²) in [6.45, 7) is 0. The molecule has 0 saturated heterocycles. The SMILES string of the molecule is c1ccc(-c2cc(-c3ccccc3)cc(-c3cccc(-c4cccc(-c5ccc6c7c(cccc57)-c5ccccc5-6)c4)c3)c2)cc1. The largest absolute Gasteiger partial charge is 0.0622 e. The average molecular weight is 583 g/mol. The first-order chi connectivity index (χ1) is 22.8. The van der Waals surface area contributed by atoms with Crippen LogP contribution in [0, 0.1) is 0 Å². The highest BCUT2D eigenvalue weighted by atomic mass is 14.2. The number of hydrogen-bond donors (Lipinski definition) is 0. The second-order valence-corrected chi connectivity index (χ2v) is 12.1. The van der Waals surface area contributed by atoms with Crippen LogP contribution in [-0.4, -0.2) is 0 Å². The van der Waals surface area contributed by atoms with Crippen LogP contribution in [0.5, 0.6) is 0 Å². The Morgan fingerprint density at radius 1 is 0.196 bits per heavy atom. The maximum atomic E-state index is 2.35. The van der Waals surface area contributed by atoms with Crippen LogP contribution in [0.25, 0.3) is 88.7 Å². The Morgan fingerprint density at radius 2 is 0.565 bits per heavy atom. The molecule has 0 fully saturated rings. The minimum Gasteiger partial charge on any atom is -0.0622 e. The second kappa shape index (κ2) is 10.9. The van der Waals surface area contributed by atoms with Gasteiger partial charge in [0.1, 0.15) is 0 Å². The third-order valence-corrected chi connectivity index (χ3v) is 9.40. The number of hydrogen-bond acceptors (Lipinski definition) is 0. The third kappa shape index (κ3) is 4.47. The second-order valence-electron chi connectivity index (χ2n) is 12.1. The van der Waals surface area contributed by atoms with Gasteiger partial charge in [-0.3, -0.25) is 0 Å². The van der Waals surface area contributed by atoms with Crippen molar-refractivity contribution in [1.29, 1.82) is 0 Å². The van der Waals surface area contributed by atoms with E-state index in [2.05, 4.69) is 182 Å². The lowest BCUT2D eigenvalue weighted by Gasteiger charge is -2.13. The molecular formula is C46H30. The average Bonchev–Trinajstić information content (AvgIpc) is 3.47. The Kier molecular flexibility index (Phi) is 6.25. The van der Waals surface area contributed by atoms with Gasteiger partial charge in [-0.2, -0.15) is 0 Å². The van der Waals surface area contributed by atoms with Gasteiger partial charge < -0.3 is 0 Å². The molecule has 0 heterocycles. The minimum atomic E-state index is 1.21. The van der Waals surface area contributed by atoms with Crippen LogP contribution in [-0.2, 0) is 0 Å². The van der Waals surface area contributed by atoms with Crippen molar-refractivity contribution in [2.45, 2.75) is 0 Å². The highest BCUT2D eigenvalue weighted by Gasteiger charge is 2.22. The maximum Gasteiger partial charge on any atom is -0.00201 e. The third-order valence-electron chi connectivity index (χ3n) is 9.40. The Labute approximate surface area is 269 Å². The van der Waals surface area contributed by atoms with Gasteiger partial charge in [0.15, 0.2) is 0 Å². The molecule has 0 heteroatoms. The van der Waals surface area contributed by atoms with E-state index >= 15 is 0 Å². The van der Waals surface area contributed by atoms with Crippen LogP contribution in [0.3, 0.4) is 0 Å². The molecule has 8 aromatic rings. The summed E-state index contributed by atoms with van der Waals surface area (Å²) in [4.78, 5) is 0. The molecule has 1 aliphatic rings. The zero-order chi connectivity index (χ0) is 30.5. The van der Waals surface area contributed by atoms with Gasteiger partial charge in [-0.1, -0.05) is 152 Å². The van der Waals surface area contributed by atoms with Crippen molar-refractivity contribution in [1.82, 2.24) is 0 Å². The Morgan fingerprint density at radius 3 is 1.17 bits per heavy atom. The van der Waals surface area contributed by atoms with E-state index in [0.717, 1.165) is 0 Å². The van der Waals surface area contributed by atoms with E-state index in [1.807, 2.05) is 0 Å². The summed E-state index contributed by atoms with van der Waals surface area (Å²) in [5.74, 6) is 0. The summed E-state index contributed by atoms with van der Waals surface area (Å²) in [5, 5.41) is 2.67. The molecule has 9 rings (SSSR count). The van der Waals surface area contributed by atoms with Crippen molar-refractivity contribution in [3.8, 4) is 77.9 Å². The zero-order valence-electron chi connectivity index (χ0n) is 25.3. The van der Waals surface area contributed by atoms with Crippen LogP contribution in [0.15, 0.2) is 182 Å². The molecule has 0 atom stereocenters. The predicted octanol–water partition coefficient (Wildman–Crippen LogP) is 12.8. The first-order valence-corrected chi connectivity index (χ1v) is 15.9. The highest BCUT2D eigenvalue weighted by molar-refractivity contribution is 6.18. The van der Waals surface area contributed by atoms with Crippen LogP contribution < -0.4 is 0 Å². The van der Waals surface area contributed by atoms with E-state index in [4.69, 9.17) is 0 Å². The molecule has 0 aromatic heterocycles. The normalized spacial score (nSPS) is 11.5. The van der Waals surface area contributed by atoms with Gasteiger partial charge in [0, 0.05) is 0 Å². The fraction of sp³-hybridized carbons (Fsp3) is 0. The van der Waals surface area contributed by atoms with Gasteiger partial charge in [0.2, 0.25) is 0 Å². The summed E-state index contributed by atoms with van der Waals surface area (Å²) in [6.07, 6.45) is 0. The molecule has 0 unspecified atom stereocenters. The van der Waals surface area contributed by atoms with Crippen LogP contribution in [0.1, 0.15) is 0 Å². The van der Waals surface area contributed by atoms with Gasteiger partial charge >= 0.3 is 0 Å². The van der Waals surface area contributed by atoms with E-state index in [-0.39, 0.29) is 0 Å². The van der Waals surface area contributed by atoms with Crippen molar-refractivity contribution in [3.05, 3.63) is 182 Å². The summed E-state index contributed by atoms with van der Waals surface area (Å²) >= 11 is 0. The minimum absolute atomic E-state index is 1.21. The van der Waals surface area contributed by atoms with E-state index < -0.39 is 0 Å². The topological polar surface area (TPSA) is 0 Å².